The molecule has 8 heteroatoms. The minimum Gasteiger partial charge on any atom is -0.325 e. The van der Waals surface area contributed by atoms with Crippen LogP contribution in [0.2, 0.25) is 5.02 Å². The number of halogens is 2. The van der Waals surface area contributed by atoms with Crippen molar-refractivity contribution in [2.24, 2.45) is 4.99 Å². The number of hydrogen-bond acceptors (Lipinski definition) is 4. The highest BCUT2D eigenvalue weighted by Gasteiger charge is 2.36. The molecule has 1 aliphatic heterocycles. The summed E-state index contributed by atoms with van der Waals surface area (Å²) in [6.07, 6.45) is 0.0892. The molecule has 2 amide bonds. The average Bonchev–Trinajstić information content (AvgIpc) is 2.78. The Morgan fingerprint density at radius 1 is 1.09 bits per heavy atom. The summed E-state index contributed by atoms with van der Waals surface area (Å²) < 4.78 is 0.864. The Hall–Kier alpha value is -2.61. The van der Waals surface area contributed by atoms with Gasteiger partial charge in [-0.25, -0.2) is 4.99 Å². The second-order valence-corrected chi connectivity index (χ2v) is 9.67. The third kappa shape index (κ3) is 5.79. The van der Waals surface area contributed by atoms with Crippen molar-refractivity contribution >= 4 is 67.6 Å². The number of amidine groups is 1. The molecule has 1 aliphatic rings. The maximum absolute atomic E-state index is 13.1. The van der Waals surface area contributed by atoms with Crippen LogP contribution in [0.4, 0.5) is 11.4 Å². The van der Waals surface area contributed by atoms with Crippen LogP contribution >= 0.6 is 39.3 Å². The van der Waals surface area contributed by atoms with Gasteiger partial charge in [-0.05, 0) is 48.0 Å². The first-order chi connectivity index (χ1) is 15.5. The summed E-state index contributed by atoms with van der Waals surface area (Å²) in [4.78, 5) is 32.4. The number of benzene rings is 3. The number of para-hydroxylation sites is 1. The van der Waals surface area contributed by atoms with Crippen molar-refractivity contribution in [3.63, 3.8) is 0 Å². The van der Waals surface area contributed by atoms with Crippen molar-refractivity contribution in [1.82, 2.24) is 4.90 Å². The van der Waals surface area contributed by atoms with Gasteiger partial charge in [-0.3, -0.25) is 14.5 Å². The van der Waals surface area contributed by atoms with E-state index in [4.69, 9.17) is 11.6 Å². The summed E-state index contributed by atoms with van der Waals surface area (Å²) in [5.74, 6) is -0.379. The first-order valence-corrected chi connectivity index (χ1v) is 11.9. The quantitative estimate of drug-likeness (QED) is 0.425. The van der Waals surface area contributed by atoms with Crippen molar-refractivity contribution in [2.45, 2.75) is 18.2 Å². The molecule has 3 aromatic carbocycles. The zero-order valence-electron chi connectivity index (χ0n) is 16.9. The van der Waals surface area contributed by atoms with Gasteiger partial charge in [0.05, 0.1) is 12.2 Å². The van der Waals surface area contributed by atoms with E-state index in [1.807, 2.05) is 66.7 Å². The number of carbonyl (C=O) groups is 2. The van der Waals surface area contributed by atoms with Crippen molar-refractivity contribution in [1.29, 1.82) is 0 Å². The lowest BCUT2D eigenvalue weighted by atomic mass is 10.2. The summed E-state index contributed by atoms with van der Waals surface area (Å²) in [5.41, 5.74) is 2.32. The first-order valence-electron chi connectivity index (χ1n) is 9.89. The zero-order valence-corrected chi connectivity index (χ0v) is 20.0. The molecule has 0 aliphatic carbocycles. The Balaban J connectivity index is 1.58. The molecular weight excluding hydrogens is 510 g/mol. The lowest BCUT2D eigenvalue weighted by molar-refractivity contribution is -0.129. The van der Waals surface area contributed by atoms with Crippen molar-refractivity contribution in [2.75, 3.05) is 5.32 Å². The largest absolute Gasteiger partial charge is 0.325 e. The second-order valence-electron chi connectivity index (χ2n) is 7.15. The number of amides is 2. The number of nitrogens with one attached hydrogen (secondary N) is 1. The Bertz CT molecular complexity index is 1160. The summed E-state index contributed by atoms with van der Waals surface area (Å²) in [6, 6.07) is 24.1. The maximum atomic E-state index is 13.1. The molecule has 1 atom stereocenters. The molecule has 162 valence electrons. The standard InChI is InChI=1S/C24H19BrClN3O2S/c25-17-5-4-8-20(13-17)27-23(31)21-14-22(30)29(15-16-9-11-18(26)12-10-16)24(32-21)28-19-6-2-1-3-7-19/h1-13,21H,14-15H2,(H,27,31). The van der Waals surface area contributed by atoms with Crippen molar-refractivity contribution in [3.05, 3.63) is 93.9 Å². The predicted octanol–water partition coefficient (Wildman–Crippen LogP) is 6.26. The Labute approximate surface area is 204 Å². The van der Waals surface area contributed by atoms with Crippen LogP contribution in [0.5, 0.6) is 0 Å². The molecule has 0 spiro atoms. The van der Waals surface area contributed by atoms with E-state index < -0.39 is 5.25 Å². The van der Waals surface area contributed by atoms with E-state index in [0.29, 0.717) is 22.4 Å². The first kappa shape index (κ1) is 22.6. The van der Waals surface area contributed by atoms with Gasteiger partial charge in [0.15, 0.2) is 5.17 Å². The summed E-state index contributed by atoms with van der Waals surface area (Å²) in [6.45, 7) is 0.356. The zero-order chi connectivity index (χ0) is 22.5. The normalized spacial score (nSPS) is 17.4. The van der Waals surface area contributed by atoms with Gasteiger partial charge >= 0.3 is 0 Å². The van der Waals surface area contributed by atoms with E-state index in [0.717, 1.165) is 15.7 Å². The SMILES string of the molecule is O=C(Nc1cccc(Br)c1)C1CC(=O)N(Cc2ccc(Cl)cc2)C(=Nc2ccccc2)S1. The Kier molecular flexibility index (Phi) is 7.29. The van der Waals surface area contributed by atoms with Gasteiger partial charge in [0, 0.05) is 21.6 Å². The Morgan fingerprint density at radius 3 is 2.56 bits per heavy atom. The fourth-order valence-corrected chi connectivity index (χ4v) is 4.79. The highest BCUT2D eigenvalue weighted by atomic mass is 79.9. The maximum Gasteiger partial charge on any atom is 0.238 e. The molecule has 4 rings (SSSR count). The predicted molar refractivity (Wildman–Crippen MR) is 134 cm³/mol. The molecule has 3 aromatic rings. The third-order valence-corrected chi connectivity index (χ3v) is 6.69. The molecule has 0 saturated carbocycles. The van der Waals surface area contributed by atoms with E-state index in [-0.39, 0.29) is 18.2 Å². The number of rotatable bonds is 5. The summed E-state index contributed by atoms with van der Waals surface area (Å²) >= 11 is 10.7. The van der Waals surface area contributed by atoms with Gasteiger partial charge in [-0.15, -0.1) is 0 Å². The lowest BCUT2D eigenvalue weighted by Gasteiger charge is -2.32. The summed E-state index contributed by atoms with van der Waals surface area (Å²) in [7, 11) is 0. The molecule has 32 heavy (non-hydrogen) atoms. The van der Waals surface area contributed by atoms with Crippen molar-refractivity contribution in [3.8, 4) is 0 Å². The molecule has 0 aromatic heterocycles. The van der Waals surface area contributed by atoms with Crippen LogP contribution in [-0.2, 0) is 16.1 Å². The second kappa shape index (κ2) is 10.3. The van der Waals surface area contributed by atoms with E-state index in [1.165, 1.54) is 11.8 Å². The molecule has 1 N–H and O–H groups in total. The molecule has 1 heterocycles. The minimum atomic E-state index is -0.578. The molecule has 1 saturated heterocycles. The molecule has 1 fully saturated rings. The molecule has 0 radical (unpaired) electrons. The smallest absolute Gasteiger partial charge is 0.238 e. The number of thioether (sulfide) groups is 1. The lowest BCUT2D eigenvalue weighted by Crippen LogP contribution is -2.44. The molecule has 0 bridgehead atoms. The number of anilines is 1. The van der Waals surface area contributed by atoms with Gasteiger partial charge < -0.3 is 5.32 Å². The van der Waals surface area contributed by atoms with E-state index in [1.54, 1.807) is 17.0 Å². The van der Waals surface area contributed by atoms with Crippen LogP contribution in [0, 0.1) is 0 Å². The van der Waals surface area contributed by atoms with Crippen LogP contribution in [-0.4, -0.2) is 27.1 Å². The third-order valence-electron chi connectivity index (χ3n) is 4.76. The fourth-order valence-electron chi connectivity index (χ4n) is 3.17. The number of aliphatic imine (C=N–C) groups is 1. The van der Waals surface area contributed by atoms with Gasteiger partial charge in [0.2, 0.25) is 11.8 Å². The van der Waals surface area contributed by atoms with Crippen molar-refractivity contribution < 1.29 is 9.59 Å². The van der Waals surface area contributed by atoms with E-state index >= 15 is 0 Å². The van der Waals surface area contributed by atoms with Gasteiger partial charge in [0.25, 0.3) is 0 Å². The number of nitrogens with zero attached hydrogens (tertiary/aromatic N) is 2. The van der Waals surface area contributed by atoms with E-state index in [9.17, 15) is 9.59 Å². The van der Waals surface area contributed by atoms with Crippen LogP contribution in [0.3, 0.4) is 0 Å². The monoisotopic (exact) mass is 527 g/mol. The molecular formula is C24H19BrClN3O2S. The molecule has 5 nitrogen and oxygen atoms in total. The van der Waals surface area contributed by atoms with Gasteiger partial charge in [-0.2, -0.15) is 0 Å². The minimum absolute atomic E-state index is 0.0892. The number of carbonyl (C=O) groups excluding carboxylic acids is 2. The van der Waals surface area contributed by atoms with Crippen LogP contribution < -0.4 is 5.32 Å². The van der Waals surface area contributed by atoms with Gasteiger partial charge in [0.1, 0.15) is 5.25 Å². The number of hydrogen-bond donors (Lipinski definition) is 1. The van der Waals surface area contributed by atoms with Gasteiger partial charge in [-0.1, -0.05) is 75.7 Å². The topological polar surface area (TPSA) is 61.8 Å². The average molecular weight is 529 g/mol. The van der Waals surface area contributed by atoms with Crippen LogP contribution in [0.1, 0.15) is 12.0 Å². The fraction of sp³-hybridized carbons (Fsp3) is 0.125. The highest BCUT2D eigenvalue weighted by Crippen LogP contribution is 2.31. The van der Waals surface area contributed by atoms with E-state index in [2.05, 4.69) is 26.2 Å². The van der Waals surface area contributed by atoms with Crippen LogP contribution in [0.15, 0.2) is 88.3 Å². The Morgan fingerprint density at radius 2 is 1.84 bits per heavy atom. The van der Waals surface area contributed by atoms with Crippen LogP contribution in [0.25, 0.3) is 0 Å². The highest BCUT2D eigenvalue weighted by molar-refractivity contribution is 9.10. The summed E-state index contributed by atoms with van der Waals surface area (Å²) in [5, 5.41) is 3.45. The molecule has 1 unspecified atom stereocenters.